The van der Waals surface area contributed by atoms with E-state index in [0.717, 1.165) is 5.56 Å². The first kappa shape index (κ1) is 14.9. The smallest absolute Gasteiger partial charge is 0.331 e. The normalized spacial score (nSPS) is 11.4. The third-order valence-electron chi connectivity index (χ3n) is 1.91. The van der Waals surface area contributed by atoms with Crippen LogP contribution >= 0.6 is 0 Å². The van der Waals surface area contributed by atoms with Gasteiger partial charge in [0.2, 0.25) is 5.91 Å². The number of carbonyl (C=O) groups excluding carboxylic acids is 2. The van der Waals surface area contributed by atoms with Crippen LogP contribution < -0.4 is 5.32 Å². The number of nitrogens with zero attached hydrogens (tertiary/aromatic N) is 1. The lowest BCUT2D eigenvalue weighted by atomic mass is 10.2. The highest BCUT2D eigenvalue weighted by Gasteiger charge is 2.13. The van der Waals surface area contributed by atoms with E-state index in [0.29, 0.717) is 5.82 Å². The topological polar surface area (TPSA) is 68.3 Å². The van der Waals surface area contributed by atoms with Gasteiger partial charge in [-0.05, 0) is 44.5 Å². The minimum Gasteiger partial charge on any atom is -0.457 e. The van der Waals surface area contributed by atoms with Crippen molar-refractivity contribution in [2.45, 2.75) is 33.3 Å². The van der Waals surface area contributed by atoms with Gasteiger partial charge in [-0.25, -0.2) is 9.78 Å². The van der Waals surface area contributed by atoms with E-state index in [1.54, 1.807) is 24.4 Å². The highest BCUT2D eigenvalue weighted by atomic mass is 16.6. The quantitative estimate of drug-likeness (QED) is 0.671. The average molecular weight is 262 g/mol. The summed E-state index contributed by atoms with van der Waals surface area (Å²) in [6, 6.07) is 3.41. The van der Waals surface area contributed by atoms with Crippen LogP contribution in [0.3, 0.4) is 0 Å². The molecule has 1 aromatic rings. The monoisotopic (exact) mass is 262 g/mol. The molecule has 0 aliphatic rings. The first-order chi connectivity index (χ1) is 8.76. The fourth-order valence-corrected chi connectivity index (χ4v) is 1.26. The molecule has 0 aromatic carbocycles. The lowest BCUT2D eigenvalue weighted by Crippen LogP contribution is -2.22. The van der Waals surface area contributed by atoms with Gasteiger partial charge < -0.3 is 10.1 Å². The number of ether oxygens (including phenoxy) is 1. The standard InChI is InChI=1S/C14H18N2O3/c1-10(17)16-12-7-5-11(9-15-12)6-8-13(18)19-14(2,3)4/h5-9H,1-4H3,(H,15,16,17)/b8-6+. The zero-order valence-electron chi connectivity index (χ0n) is 11.6. The van der Waals surface area contributed by atoms with Crippen molar-refractivity contribution >= 4 is 23.8 Å². The van der Waals surface area contributed by atoms with E-state index < -0.39 is 11.6 Å². The number of amides is 1. The molecule has 102 valence electrons. The first-order valence-electron chi connectivity index (χ1n) is 5.91. The van der Waals surface area contributed by atoms with Crippen LogP contribution in [-0.4, -0.2) is 22.5 Å². The maximum Gasteiger partial charge on any atom is 0.331 e. The summed E-state index contributed by atoms with van der Waals surface area (Å²) in [5, 5.41) is 2.56. The average Bonchev–Trinajstić information content (AvgIpc) is 2.25. The third kappa shape index (κ3) is 6.35. The largest absolute Gasteiger partial charge is 0.457 e. The Morgan fingerprint density at radius 1 is 1.32 bits per heavy atom. The van der Waals surface area contributed by atoms with Crippen molar-refractivity contribution in [2.24, 2.45) is 0 Å². The second kappa shape index (κ2) is 6.13. The number of nitrogens with one attached hydrogen (secondary N) is 1. The van der Waals surface area contributed by atoms with Crippen LogP contribution in [-0.2, 0) is 14.3 Å². The predicted molar refractivity (Wildman–Crippen MR) is 73.4 cm³/mol. The molecule has 0 aliphatic carbocycles. The summed E-state index contributed by atoms with van der Waals surface area (Å²) in [7, 11) is 0. The summed E-state index contributed by atoms with van der Waals surface area (Å²) in [6.07, 6.45) is 4.52. The van der Waals surface area contributed by atoms with Crippen molar-refractivity contribution in [3.8, 4) is 0 Å². The van der Waals surface area contributed by atoms with Gasteiger partial charge in [0.25, 0.3) is 0 Å². The van der Waals surface area contributed by atoms with E-state index in [1.165, 1.54) is 13.0 Å². The van der Waals surface area contributed by atoms with Gasteiger partial charge in [0, 0.05) is 19.2 Å². The second-order valence-electron chi connectivity index (χ2n) is 5.02. The van der Waals surface area contributed by atoms with Crippen LogP contribution in [0.4, 0.5) is 5.82 Å². The van der Waals surface area contributed by atoms with Crippen LogP contribution in [0.5, 0.6) is 0 Å². The summed E-state index contributed by atoms with van der Waals surface area (Å²) in [6.45, 7) is 6.84. The molecule has 1 aromatic heterocycles. The minimum atomic E-state index is -0.505. The lowest BCUT2D eigenvalue weighted by molar-refractivity contribution is -0.148. The molecule has 1 heterocycles. The second-order valence-corrected chi connectivity index (χ2v) is 5.02. The molecule has 5 nitrogen and oxygen atoms in total. The Morgan fingerprint density at radius 3 is 2.47 bits per heavy atom. The molecule has 0 saturated carbocycles. The number of pyridine rings is 1. The van der Waals surface area contributed by atoms with Crippen molar-refractivity contribution < 1.29 is 14.3 Å². The fourth-order valence-electron chi connectivity index (χ4n) is 1.26. The van der Waals surface area contributed by atoms with Gasteiger partial charge in [0.05, 0.1) is 0 Å². The molecule has 0 fully saturated rings. The maximum atomic E-state index is 11.5. The van der Waals surface area contributed by atoms with Crippen LogP contribution in [0.1, 0.15) is 33.3 Å². The van der Waals surface area contributed by atoms with E-state index in [9.17, 15) is 9.59 Å². The van der Waals surface area contributed by atoms with Crippen molar-refractivity contribution in [1.29, 1.82) is 0 Å². The lowest BCUT2D eigenvalue weighted by Gasteiger charge is -2.17. The zero-order chi connectivity index (χ0) is 14.5. The first-order valence-corrected chi connectivity index (χ1v) is 5.91. The predicted octanol–water partition coefficient (Wildman–Crippen LogP) is 2.39. The molecule has 0 spiro atoms. The Balaban J connectivity index is 2.62. The van der Waals surface area contributed by atoms with Crippen molar-refractivity contribution in [3.05, 3.63) is 30.0 Å². The molecule has 0 aliphatic heterocycles. The molecule has 0 bridgehead atoms. The van der Waals surface area contributed by atoms with E-state index >= 15 is 0 Å². The van der Waals surface area contributed by atoms with Crippen LogP contribution in [0, 0.1) is 0 Å². The number of rotatable bonds is 3. The van der Waals surface area contributed by atoms with Crippen molar-refractivity contribution in [2.75, 3.05) is 5.32 Å². The van der Waals surface area contributed by atoms with E-state index in [4.69, 9.17) is 4.74 Å². The number of esters is 1. The molecular weight excluding hydrogens is 244 g/mol. The van der Waals surface area contributed by atoms with Crippen LogP contribution in [0.15, 0.2) is 24.4 Å². The van der Waals surface area contributed by atoms with Gasteiger partial charge in [0.1, 0.15) is 11.4 Å². The molecule has 1 rings (SSSR count). The Hall–Kier alpha value is -2.17. The highest BCUT2D eigenvalue weighted by molar-refractivity contribution is 5.88. The van der Waals surface area contributed by atoms with Crippen LogP contribution in [0.2, 0.25) is 0 Å². The number of carbonyl (C=O) groups is 2. The SMILES string of the molecule is CC(=O)Nc1ccc(/C=C/C(=O)OC(C)(C)C)cn1. The molecule has 0 atom stereocenters. The van der Waals surface area contributed by atoms with E-state index in [2.05, 4.69) is 10.3 Å². The zero-order valence-corrected chi connectivity index (χ0v) is 11.6. The molecule has 1 amide bonds. The Kier molecular flexibility index (Phi) is 4.80. The molecule has 5 heteroatoms. The molecule has 1 N–H and O–H groups in total. The number of anilines is 1. The summed E-state index contributed by atoms with van der Waals surface area (Å²) < 4.78 is 5.13. The van der Waals surface area contributed by atoms with Crippen LogP contribution in [0.25, 0.3) is 6.08 Å². The van der Waals surface area contributed by atoms with Gasteiger partial charge in [-0.15, -0.1) is 0 Å². The third-order valence-corrected chi connectivity index (χ3v) is 1.91. The number of aromatic nitrogens is 1. The van der Waals surface area contributed by atoms with Gasteiger partial charge in [0.15, 0.2) is 0 Å². The van der Waals surface area contributed by atoms with Gasteiger partial charge in [-0.2, -0.15) is 0 Å². The Morgan fingerprint density at radius 2 is 2.00 bits per heavy atom. The Labute approximate surface area is 112 Å². The fraction of sp³-hybridized carbons (Fsp3) is 0.357. The highest BCUT2D eigenvalue weighted by Crippen LogP contribution is 2.09. The van der Waals surface area contributed by atoms with Crippen molar-refractivity contribution in [3.63, 3.8) is 0 Å². The summed E-state index contributed by atoms with van der Waals surface area (Å²) in [5.41, 5.74) is 0.245. The van der Waals surface area contributed by atoms with Gasteiger partial charge in [-0.1, -0.05) is 0 Å². The molecule has 0 radical (unpaired) electrons. The van der Waals surface area contributed by atoms with Gasteiger partial charge in [-0.3, -0.25) is 4.79 Å². The maximum absolute atomic E-state index is 11.5. The summed E-state index contributed by atoms with van der Waals surface area (Å²) in [5.74, 6) is -0.107. The van der Waals surface area contributed by atoms with E-state index in [-0.39, 0.29) is 5.91 Å². The molecule has 0 unspecified atom stereocenters. The number of hydrogen-bond acceptors (Lipinski definition) is 4. The number of hydrogen-bond donors (Lipinski definition) is 1. The Bertz CT molecular complexity index is 484. The molecular formula is C14H18N2O3. The summed E-state index contributed by atoms with van der Waals surface area (Å²) >= 11 is 0. The molecule has 19 heavy (non-hydrogen) atoms. The molecule has 0 saturated heterocycles. The van der Waals surface area contributed by atoms with Crippen molar-refractivity contribution in [1.82, 2.24) is 4.98 Å². The summed E-state index contributed by atoms with van der Waals surface area (Å²) in [4.78, 5) is 26.3. The van der Waals surface area contributed by atoms with E-state index in [1.807, 2.05) is 20.8 Å². The van der Waals surface area contributed by atoms with Gasteiger partial charge >= 0.3 is 5.97 Å². The minimum absolute atomic E-state index is 0.176.